The number of likely N-dealkylation sites (N-methyl/N-ethyl adjacent to an activating group) is 1. The predicted octanol–water partition coefficient (Wildman–Crippen LogP) is 3.69. The minimum Gasteiger partial charge on any atom is -0.372 e. The maximum atomic E-state index is 15.8. The van der Waals surface area contributed by atoms with E-state index in [-0.39, 0.29) is 35.2 Å². The molecule has 4 atom stereocenters. The van der Waals surface area contributed by atoms with E-state index in [0.717, 1.165) is 0 Å². The van der Waals surface area contributed by atoms with Crippen LogP contribution < -0.4 is 15.1 Å². The first-order valence-corrected chi connectivity index (χ1v) is 14.0. The van der Waals surface area contributed by atoms with Gasteiger partial charge in [-0.05, 0) is 46.0 Å². The van der Waals surface area contributed by atoms with Crippen LogP contribution in [-0.2, 0) is 14.3 Å². The summed E-state index contributed by atoms with van der Waals surface area (Å²) in [6, 6.07) is 4.27. The van der Waals surface area contributed by atoms with Crippen LogP contribution >= 0.6 is 0 Å². The van der Waals surface area contributed by atoms with Gasteiger partial charge in [-0.3, -0.25) is 9.59 Å². The van der Waals surface area contributed by atoms with E-state index in [9.17, 15) is 22.8 Å². The Hall–Kier alpha value is -3.91. The fourth-order valence-corrected chi connectivity index (χ4v) is 5.55. The zero-order chi connectivity index (χ0) is 31.1. The summed E-state index contributed by atoms with van der Waals surface area (Å²) < 4.78 is 62.8. The lowest BCUT2D eigenvalue weighted by atomic mass is 9.95. The van der Waals surface area contributed by atoms with Crippen LogP contribution in [0.25, 0.3) is 11.3 Å². The SMILES string of the molecule is C[C@@H]1CN(c2nccc(-c3cc(NC(=O)C4C=NC(=O)C=C4C(F)(F)F)c(N4CCN(C)[C@@H](C)C4)cc3F)n2)C[C@H](C)O1. The molecule has 1 N–H and O–H groups in total. The van der Waals surface area contributed by atoms with E-state index in [1.54, 1.807) is 0 Å². The Morgan fingerprint density at radius 3 is 2.47 bits per heavy atom. The van der Waals surface area contributed by atoms with Gasteiger partial charge in [-0.1, -0.05) is 0 Å². The quantitative estimate of drug-likeness (QED) is 0.517. The molecule has 0 radical (unpaired) electrons. The number of hydrogen-bond donors (Lipinski definition) is 1. The number of dihydropyridines is 1. The number of rotatable bonds is 5. The number of carbonyl (C=O) groups excluding carboxylic acids is 2. The largest absolute Gasteiger partial charge is 0.414 e. The van der Waals surface area contributed by atoms with Gasteiger partial charge in [-0.2, -0.15) is 13.2 Å². The van der Waals surface area contributed by atoms with E-state index in [2.05, 4.69) is 25.2 Å². The summed E-state index contributed by atoms with van der Waals surface area (Å²) >= 11 is 0. The fourth-order valence-electron chi connectivity index (χ4n) is 5.55. The number of aromatic nitrogens is 2. The first kappa shape index (κ1) is 30.5. The summed E-state index contributed by atoms with van der Waals surface area (Å²) in [7, 11) is 1.96. The number of nitrogens with one attached hydrogen (secondary N) is 1. The number of benzene rings is 1. The molecule has 0 spiro atoms. The van der Waals surface area contributed by atoms with E-state index in [4.69, 9.17) is 4.74 Å². The standard InChI is InChI=1S/C29H33F4N7O3/c1-16-13-39(8-7-38(16)4)25-11-22(30)19(23-5-6-34-28(37-23)40-14-17(2)43-18(3)15-40)9-24(25)36-27(42)20-12-35-26(41)10-21(20)29(31,32)33/h5-6,9-12,16-18,20H,7-8,13-15H2,1-4H3,(H,36,42)/t16-,17-,18+,20?/m0/s1. The zero-order valence-electron chi connectivity index (χ0n) is 24.2. The third kappa shape index (κ3) is 6.69. The van der Waals surface area contributed by atoms with Crippen LogP contribution in [0.3, 0.4) is 0 Å². The second-order valence-electron chi connectivity index (χ2n) is 11.2. The van der Waals surface area contributed by atoms with Crippen molar-refractivity contribution in [3.63, 3.8) is 0 Å². The first-order valence-electron chi connectivity index (χ1n) is 14.0. The summed E-state index contributed by atoms with van der Waals surface area (Å²) in [4.78, 5) is 43.2. The van der Waals surface area contributed by atoms with Crippen molar-refractivity contribution in [2.24, 2.45) is 10.9 Å². The number of morpholine rings is 1. The van der Waals surface area contributed by atoms with Gasteiger partial charge in [0.1, 0.15) is 11.7 Å². The van der Waals surface area contributed by atoms with Crippen molar-refractivity contribution in [1.82, 2.24) is 14.9 Å². The number of anilines is 3. The molecule has 1 unspecified atom stereocenters. The van der Waals surface area contributed by atoms with Crippen molar-refractivity contribution >= 4 is 35.4 Å². The highest BCUT2D eigenvalue weighted by Crippen LogP contribution is 2.37. The highest BCUT2D eigenvalue weighted by Gasteiger charge is 2.43. The number of amides is 2. The molecule has 43 heavy (non-hydrogen) atoms. The molecule has 14 heteroatoms. The lowest BCUT2D eigenvalue weighted by Crippen LogP contribution is -2.50. The van der Waals surface area contributed by atoms with E-state index in [1.165, 1.54) is 24.4 Å². The van der Waals surface area contributed by atoms with Crippen molar-refractivity contribution < 1.29 is 31.9 Å². The van der Waals surface area contributed by atoms with Gasteiger partial charge >= 0.3 is 6.18 Å². The molecular weight excluding hydrogens is 570 g/mol. The minimum atomic E-state index is -4.93. The van der Waals surface area contributed by atoms with Crippen molar-refractivity contribution in [1.29, 1.82) is 0 Å². The van der Waals surface area contributed by atoms with Crippen LogP contribution in [0, 0.1) is 11.7 Å². The number of nitrogens with zero attached hydrogens (tertiary/aromatic N) is 6. The van der Waals surface area contributed by atoms with Crippen LogP contribution in [-0.4, -0.2) is 97.1 Å². The smallest absolute Gasteiger partial charge is 0.372 e. The summed E-state index contributed by atoms with van der Waals surface area (Å²) in [5.41, 5.74) is -0.613. The average molecular weight is 604 g/mol. The number of carbonyl (C=O) groups is 2. The third-order valence-corrected chi connectivity index (χ3v) is 7.84. The fraction of sp³-hybridized carbons (Fsp3) is 0.483. The van der Waals surface area contributed by atoms with Gasteiger partial charge in [0.15, 0.2) is 0 Å². The second kappa shape index (κ2) is 12.0. The molecule has 5 rings (SSSR count). The molecule has 3 aliphatic rings. The van der Waals surface area contributed by atoms with Gasteiger partial charge < -0.3 is 24.8 Å². The van der Waals surface area contributed by atoms with E-state index < -0.39 is 35.3 Å². The number of alkyl halides is 3. The number of ether oxygens (including phenoxy) is 1. The Morgan fingerprint density at radius 2 is 1.79 bits per heavy atom. The molecular formula is C29H33F4N7O3. The molecule has 3 aliphatic heterocycles. The third-order valence-electron chi connectivity index (χ3n) is 7.84. The molecule has 0 saturated carbocycles. The number of piperazine rings is 1. The second-order valence-corrected chi connectivity index (χ2v) is 11.2. The zero-order valence-corrected chi connectivity index (χ0v) is 24.2. The highest BCUT2D eigenvalue weighted by molar-refractivity contribution is 6.11. The highest BCUT2D eigenvalue weighted by atomic mass is 19.4. The summed E-state index contributed by atoms with van der Waals surface area (Å²) in [6.45, 7) is 8.60. The van der Waals surface area contributed by atoms with Gasteiger partial charge in [-0.25, -0.2) is 19.4 Å². The minimum absolute atomic E-state index is 0.0401. The molecule has 10 nitrogen and oxygen atoms in total. The van der Waals surface area contributed by atoms with E-state index in [0.29, 0.717) is 56.7 Å². The van der Waals surface area contributed by atoms with Crippen molar-refractivity contribution in [3.8, 4) is 11.3 Å². The Labute approximate surface area is 246 Å². The maximum absolute atomic E-state index is 15.8. The number of hydrogen-bond acceptors (Lipinski definition) is 8. The maximum Gasteiger partial charge on any atom is 0.414 e. The Balaban J connectivity index is 1.53. The van der Waals surface area contributed by atoms with Gasteiger partial charge in [-0.15, -0.1) is 0 Å². The molecule has 1 aromatic carbocycles. The summed E-state index contributed by atoms with van der Waals surface area (Å²) in [5, 5.41) is 2.57. The predicted molar refractivity (Wildman–Crippen MR) is 154 cm³/mol. The molecule has 0 aliphatic carbocycles. The van der Waals surface area contributed by atoms with Crippen LogP contribution in [0.5, 0.6) is 0 Å². The first-order chi connectivity index (χ1) is 20.3. The summed E-state index contributed by atoms with van der Waals surface area (Å²) in [5.74, 6) is -4.25. The van der Waals surface area contributed by atoms with Crippen LogP contribution in [0.1, 0.15) is 20.8 Å². The Kier molecular flexibility index (Phi) is 8.52. The van der Waals surface area contributed by atoms with Crippen LogP contribution in [0.2, 0.25) is 0 Å². The van der Waals surface area contributed by atoms with Crippen molar-refractivity contribution in [2.75, 3.05) is 54.9 Å². The monoisotopic (exact) mass is 603 g/mol. The topological polar surface area (TPSA) is 103 Å². The Morgan fingerprint density at radius 1 is 1.07 bits per heavy atom. The van der Waals surface area contributed by atoms with Gasteiger partial charge in [0.05, 0.1) is 34.8 Å². The molecule has 2 amide bonds. The molecule has 2 aromatic rings. The molecule has 2 fully saturated rings. The number of halogens is 4. The number of aliphatic imine (C=N–C) groups is 1. The molecule has 230 valence electrons. The van der Waals surface area contributed by atoms with E-state index >= 15 is 4.39 Å². The molecule has 0 bridgehead atoms. The van der Waals surface area contributed by atoms with Crippen LogP contribution in [0.4, 0.5) is 34.9 Å². The van der Waals surface area contributed by atoms with Gasteiger partial charge in [0, 0.05) is 62.8 Å². The molecule has 1 aromatic heterocycles. The summed E-state index contributed by atoms with van der Waals surface area (Å²) in [6.07, 6.45) is -2.54. The molecule has 2 saturated heterocycles. The average Bonchev–Trinajstić information content (AvgIpc) is 2.94. The van der Waals surface area contributed by atoms with E-state index in [1.807, 2.05) is 37.6 Å². The lowest BCUT2D eigenvalue weighted by Gasteiger charge is -2.40. The lowest BCUT2D eigenvalue weighted by molar-refractivity contribution is -0.124. The van der Waals surface area contributed by atoms with Crippen molar-refractivity contribution in [3.05, 3.63) is 41.9 Å². The van der Waals surface area contributed by atoms with Gasteiger partial charge in [0.2, 0.25) is 11.9 Å². The Bertz CT molecular complexity index is 1450. The molecule has 4 heterocycles. The van der Waals surface area contributed by atoms with Gasteiger partial charge in [0.25, 0.3) is 5.91 Å². The van der Waals surface area contributed by atoms with Crippen molar-refractivity contribution in [2.45, 2.75) is 45.2 Å². The normalized spacial score (nSPS) is 25.1. The van der Waals surface area contributed by atoms with Crippen LogP contribution in [0.15, 0.2) is 41.0 Å².